The Balaban J connectivity index is 2.16. The highest BCUT2D eigenvalue weighted by atomic mass is 32.2. The molecule has 0 atom stereocenters. The number of anilines is 2. The van der Waals surface area contributed by atoms with Gasteiger partial charge in [0.05, 0.1) is 18.0 Å². The zero-order chi connectivity index (χ0) is 23.5. The third-order valence-corrected chi connectivity index (χ3v) is 6.22. The molecule has 12 heteroatoms. The van der Waals surface area contributed by atoms with Crippen LogP contribution in [0.15, 0.2) is 59.5 Å². The summed E-state index contributed by atoms with van der Waals surface area (Å²) in [5.41, 5.74) is 6.27. The van der Waals surface area contributed by atoms with Crippen molar-refractivity contribution in [1.29, 1.82) is 0 Å². The van der Waals surface area contributed by atoms with E-state index in [0.29, 0.717) is 0 Å². The molecular formula is C20H20N2O8S2. The fourth-order valence-electron chi connectivity index (χ4n) is 3.12. The third-order valence-electron chi connectivity index (χ3n) is 4.49. The molecule has 0 saturated carbocycles. The highest BCUT2D eigenvalue weighted by Crippen LogP contribution is 2.44. The zero-order valence-electron chi connectivity index (χ0n) is 16.6. The highest BCUT2D eigenvalue weighted by Gasteiger charge is 2.28. The maximum atomic E-state index is 12.7. The summed E-state index contributed by atoms with van der Waals surface area (Å²) in [6.45, 7) is -0.353. The van der Waals surface area contributed by atoms with Crippen molar-refractivity contribution < 1.29 is 35.5 Å². The predicted molar refractivity (Wildman–Crippen MR) is 119 cm³/mol. The van der Waals surface area contributed by atoms with Crippen LogP contribution in [0.2, 0.25) is 0 Å². The Morgan fingerprint density at radius 3 is 2.12 bits per heavy atom. The molecule has 0 aromatic heterocycles. The van der Waals surface area contributed by atoms with Crippen LogP contribution >= 0.6 is 0 Å². The molecule has 32 heavy (non-hydrogen) atoms. The number of rotatable bonds is 8. The largest absolute Gasteiger partial charge is 0.490 e. The molecule has 0 unspecified atom stereocenters. The summed E-state index contributed by atoms with van der Waals surface area (Å²) in [5, 5.41) is 2.82. The van der Waals surface area contributed by atoms with Gasteiger partial charge >= 0.3 is 0 Å². The average molecular weight is 481 g/mol. The van der Waals surface area contributed by atoms with Crippen LogP contribution in [-0.4, -0.2) is 44.2 Å². The van der Waals surface area contributed by atoms with Crippen LogP contribution in [0, 0.1) is 0 Å². The van der Waals surface area contributed by atoms with Crippen LogP contribution < -0.4 is 15.8 Å². The summed E-state index contributed by atoms with van der Waals surface area (Å²) in [6.07, 6.45) is -0.192. The van der Waals surface area contributed by atoms with Gasteiger partial charge in [0.1, 0.15) is 10.6 Å². The normalized spacial score (nSPS) is 11.9. The SMILES string of the molecule is Nc1c(NC(=O)c2ccccc2)c(OCCCS(=O)(=O)O)c(S(=O)(=O)O)c2ccccc12. The van der Waals surface area contributed by atoms with E-state index in [9.17, 15) is 26.2 Å². The van der Waals surface area contributed by atoms with E-state index in [4.69, 9.17) is 15.0 Å². The van der Waals surface area contributed by atoms with Crippen molar-refractivity contribution in [2.24, 2.45) is 0 Å². The minimum absolute atomic E-state index is 0.0120. The second kappa shape index (κ2) is 9.12. The van der Waals surface area contributed by atoms with Crippen molar-refractivity contribution in [3.8, 4) is 5.75 Å². The fraction of sp³-hybridized carbons (Fsp3) is 0.150. The number of carbonyl (C=O) groups excluding carboxylic acids is 1. The van der Waals surface area contributed by atoms with Gasteiger partial charge in [-0.25, -0.2) is 0 Å². The van der Waals surface area contributed by atoms with Gasteiger partial charge < -0.3 is 15.8 Å². The van der Waals surface area contributed by atoms with Gasteiger partial charge in [0, 0.05) is 16.3 Å². The smallest absolute Gasteiger partial charge is 0.298 e. The number of amides is 1. The molecular weight excluding hydrogens is 460 g/mol. The number of nitrogen functional groups attached to an aromatic ring is 1. The second-order valence-corrected chi connectivity index (χ2v) is 9.71. The average Bonchev–Trinajstić information content (AvgIpc) is 2.72. The first-order valence-electron chi connectivity index (χ1n) is 9.25. The molecule has 0 fully saturated rings. The topological polar surface area (TPSA) is 173 Å². The number of hydrogen-bond acceptors (Lipinski definition) is 7. The van der Waals surface area contributed by atoms with Crippen LogP contribution in [0.1, 0.15) is 16.8 Å². The monoisotopic (exact) mass is 480 g/mol. The Bertz CT molecular complexity index is 1370. The van der Waals surface area contributed by atoms with Gasteiger partial charge in [-0.2, -0.15) is 16.8 Å². The molecule has 0 heterocycles. The third kappa shape index (κ3) is 5.34. The first-order valence-corrected chi connectivity index (χ1v) is 12.3. The number of hydrogen-bond donors (Lipinski definition) is 4. The molecule has 170 valence electrons. The van der Waals surface area contributed by atoms with Gasteiger partial charge in [-0.15, -0.1) is 0 Å². The van der Waals surface area contributed by atoms with E-state index in [1.54, 1.807) is 24.3 Å². The van der Waals surface area contributed by atoms with Gasteiger partial charge in [-0.3, -0.25) is 13.9 Å². The van der Waals surface area contributed by atoms with Crippen LogP contribution in [0.5, 0.6) is 5.75 Å². The van der Waals surface area contributed by atoms with Crippen molar-refractivity contribution in [3.05, 3.63) is 60.2 Å². The van der Waals surface area contributed by atoms with Gasteiger partial charge in [0.25, 0.3) is 26.1 Å². The Hall–Kier alpha value is -3.19. The molecule has 3 aromatic carbocycles. The first kappa shape index (κ1) is 23.5. The van der Waals surface area contributed by atoms with Gasteiger partial charge in [0.15, 0.2) is 5.75 Å². The fourth-order valence-corrected chi connectivity index (χ4v) is 4.45. The maximum Gasteiger partial charge on any atom is 0.298 e. The summed E-state index contributed by atoms with van der Waals surface area (Å²) in [5.74, 6) is -1.69. The van der Waals surface area contributed by atoms with Crippen molar-refractivity contribution in [3.63, 3.8) is 0 Å². The van der Waals surface area contributed by atoms with Crippen LogP contribution in [-0.2, 0) is 20.2 Å². The van der Waals surface area contributed by atoms with Crippen molar-refractivity contribution in [2.75, 3.05) is 23.4 Å². The van der Waals surface area contributed by atoms with E-state index in [2.05, 4.69) is 5.32 Å². The lowest BCUT2D eigenvalue weighted by Crippen LogP contribution is -2.17. The lowest BCUT2D eigenvalue weighted by Gasteiger charge is -2.20. The molecule has 3 rings (SSSR count). The Kier molecular flexibility index (Phi) is 6.69. The van der Waals surface area contributed by atoms with E-state index in [0.717, 1.165) is 0 Å². The lowest BCUT2D eigenvalue weighted by atomic mass is 10.1. The molecule has 0 spiro atoms. The molecule has 3 aromatic rings. The number of nitrogens with two attached hydrogens (primary N) is 1. The molecule has 0 bridgehead atoms. The number of ether oxygens (including phenoxy) is 1. The van der Waals surface area contributed by atoms with Gasteiger partial charge in [-0.05, 0) is 18.6 Å². The van der Waals surface area contributed by atoms with Crippen LogP contribution in [0.4, 0.5) is 11.4 Å². The van der Waals surface area contributed by atoms with Gasteiger partial charge in [-0.1, -0.05) is 42.5 Å². The molecule has 1 amide bonds. The highest BCUT2D eigenvalue weighted by molar-refractivity contribution is 7.86. The van der Waals surface area contributed by atoms with E-state index >= 15 is 0 Å². The predicted octanol–water partition coefficient (Wildman–Crippen LogP) is 2.58. The number of benzene rings is 3. The van der Waals surface area contributed by atoms with E-state index in [1.165, 1.54) is 30.3 Å². The van der Waals surface area contributed by atoms with Crippen LogP contribution in [0.25, 0.3) is 10.8 Å². The standard InChI is InChI=1S/C20H20N2O8S2/c21-16-14-9-4-5-10-15(14)19(32(27,28)29)18(30-11-6-12-31(24,25)26)17(16)22-20(23)13-7-2-1-3-8-13/h1-5,7-10H,6,11-12,21H2,(H,22,23)(H,24,25,26)(H,27,28,29). The lowest BCUT2D eigenvalue weighted by molar-refractivity contribution is 0.102. The van der Waals surface area contributed by atoms with Crippen molar-refractivity contribution >= 4 is 48.3 Å². The number of fused-ring (bicyclic) bond motifs is 1. The second-order valence-electron chi connectivity index (χ2n) is 6.78. The Morgan fingerprint density at radius 2 is 1.53 bits per heavy atom. The quantitative estimate of drug-likeness (QED) is 0.215. The minimum Gasteiger partial charge on any atom is -0.490 e. The summed E-state index contributed by atoms with van der Waals surface area (Å²) in [7, 11) is -9.13. The number of carbonyl (C=O) groups is 1. The summed E-state index contributed by atoms with van der Waals surface area (Å²) in [4.78, 5) is 12.1. The van der Waals surface area contributed by atoms with Crippen molar-refractivity contribution in [2.45, 2.75) is 11.3 Å². The van der Waals surface area contributed by atoms with Gasteiger partial charge in [0.2, 0.25) is 0 Å². The molecule has 10 nitrogen and oxygen atoms in total. The van der Waals surface area contributed by atoms with E-state index < -0.39 is 42.5 Å². The Morgan fingerprint density at radius 1 is 0.938 bits per heavy atom. The molecule has 5 N–H and O–H groups in total. The van der Waals surface area contributed by atoms with Crippen LogP contribution in [0.3, 0.4) is 0 Å². The molecule has 0 saturated heterocycles. The summed E-state index contributed by atoms with van der Waals surface area (Å²) < 4.78 is 70.8. The maximum absolute atomic E-state index is 12.7. The zero-order valence-corrected chi connectivity index (χ0v) is 18.2. The minimum atomic E-state index is -4.86. The molecule has 0 aliphatic rings. The summed E-state index contributed by atoms with van der Waals surface area (Å²) in [6, 6.07) is 14.1. The van der Waals surface area contributed by atoms with E-state index in [-0.39, 0.29) is 40.7 Å². The number of nitrogens with one attached hydrogen (secondary N) is 1. The van der Waals surface area contributed by atoms with E-state index in [1.807, 2.05) is 0 Å². The molecule has 0 aliphatic heterocycles. The molecule has 0 aliphatic carbocycles. The first-order chi connectivity index (χ1) is 15.0. The molecule has 0 radical (unpaired) electrons. The summed E-state index contributed by atoms with van der Waals surface area (Å²) >= 11 is 0. The van der Waals surface area contributed by atoms with Crippen molar-refractivity contribution in [1.82, 2.24) is 0 Å². The Labute approximate surface area is 184 Å².